The van der Waals surface area contributed by atoms with Crippen LogP contribution in [-0.4, -0.2) is 47.8 Å². The van der Waals surface area contributed by atoms with Gasteiger partial charge in [0.25, 0.3) is 0 Å². The molecule has 0 saturated carbocycles. The Bertz CT molecular complexity index is 673. The summed E-state index contributed by atoms with van der Waals surface area (Å²) in [6, 6.07) is 3.72. The molecule has 1 amide bonds. The number of nitrogens with zero attached hydrogens (tertiary/aromatic N) is 4. The Labute approximate surface area is 122 Å². The number of hydrogen-bond donors (Lipinski definition) is 1. The quantitative estimate of drug-likeness (QED) is 0.915. The number of aromatic nitrogens is 3. The number of fused-ring (bicyclic) bond motifs is 1. The fourth-order valence-corrected chi connectivity index (χ4v) is 2.43. The highest BCUT2D eigenvalue weighted by atomic mass is 16.5. The number of aryl methyl sites for hydroxylation is 1. The van der Waals surface area contributed by atoms with Gasteiger partial charge in [0.05, 0.1) is 18.2 Å². The lowest BCUT2D eigenvalue weighted by molar-refractivity contribution is -0.119. The van der Waals surface area contributed by atoms with Gasteiger partial charge in [-0.25, -0.2) is 4.98 Å². The van der Waals surface area contributed by atoms with E-state index >= 15 is 0 Å². The fourth-order valence-electron chi connectivity index (χ4n) is 2.43. The molecule has 2 aromatic rings. The third kappa shape index (κ3) is 2.69. The Balaban J connectivity index is 1.93. The van der Waals surface area contributed by atoms with Gasteiger partial charge < -0.3 is 15.0 Å². The number of ether oxygens (including phenoxy) is 1. The van der Waals surface area contributed by atoms with Crippen LogP contribution in [0.25, 0.3) is 5.65 Å². The molecule has 1 aliphatic heterocycles. The van der Waals surface area contributed by atoms with E-state index in [4.69, 9.17) is 4.74 Å². The molecule has 3 heterocycles. The zero-order valence-corrected chi connectivity index (χ0v) is 12.5. The van der Waals surface area contributed by atoms with E-state index in [-0.39, 0.29) is 11.8 Å². The van der Waals surface area contributed by atoms with Gasteiger partial charge >= 0.3 is 0 Å². The molecule has 0 bridgehead atoms. The van der Waals surface area contributed by atoms with Crippen LogP contribution in [-0.2, 0) is 9.53 Å². The summed E-state index contributed by atoms with van der Waals surface area (Å²) in [5.74, 6) is 1.29. The van der Waals surface area contributed by atoms with Crippen LogP contribution >= 0.6 is 0 Å². The molecule has 0 aliphatic carbocycles. The van der Waals surface area contributed by atoms with Crippen molar-refractivity contribution in [3.63, 3.8) is 0 Å². The van der Waals surface area contributed by atoms with Gasteiger partial charge in [0.2, 0.25) is 5.91 Å². The number of hydrogen-bond acceptors (Lipinski definition) is 5. The highest BCUT2D eigenvalue weighted by Crippen LogP contribution is 2.21. The molecule has 0 spiro atoms. The molecule has 0 unspecified atom stereocenters. The van der Waals surface area contributed by atoms with E-state index in [2.05, 4.69) is 15.4 Å². The maximum Gasteiger partial charge on any atom is 0.231 e. The lowest BCUT2D eigenvalue weighted by atomic mass is 10.1. The van der Waals surface area contributed by atoms with Gasteiger partial charge in [0.15, 0.2) is 5.65 Å². The molecule has 1 aliphatic rings. The van der Waals surface area contributed by atoms with Crippen molar-refractivity contribution in [1.82, 2.24) is 14.6 Å². The molecule has 1 N–H and O–H groups in total. The predicted octanol–water partition coefficient (Wildman–Crippen LogP) is 1.08. The van der Waals surface area contributed by atoms with Gasteiger partial charge in [-0.3, -0.25) is 4.79 Å². The van der Waals surface area contributed by atoms with Crippen LogP contribution in [0.15, 0.2) is 12.1 Å². The van der Waals surface area contributed by atoms with E-state index in [9.17, 15) is 4.79 Å². The van der Waals surface area contributed by atoms with E-state index in [1.54, 1.807) is 4.52 Å². The molecule has 7 heteroatoms. The number of anilines is 2. The molecule has 0 aromatic carbocycles. The minimum absolute atomic E-state index is 0.0368. The predicted molar refractivity (Wildman–Crippen MR) is 79.6 cm³/mol. The summed E-state index contributed by atoms with van der Waals surface area (Å²) < 4.78 is 7.02. The molecule has 21 heavy (non-hydrogen) atoms. The largest absolute Gasteiger partial charge is 0.381 e. The second-order valence-corrected chi connectivity index (χ2v) is 5.50. The van der Waals surface area contributed by atoms with Crippen LogP contribution in [0.4, 0.5) is 11.6 Å². The van der Waals surface area contributed by atoms with E-state index < -0.39 is 0 Å². The first-order valence-electron chi connectivity index (χ1n) is 6.98. The Kier molecular flexibility index (Phi) is 3.50. The second kappa shape index (κ2) is 5.33. The summed E-state index contributed by atoms with van der Waals surface area (Å²) in [4.78, 5) is 18.6. The van der Waals surface area contributed by atoms with Crippen molar-refractivity contribution < 1.29 is 9.53 Å². The van der Waals surface area contributed by atoms with Crippen molar-refractivity contribution in [3.8, 4) is 0 Å². The van der Waals surface area contributed by atoms with Gasteiger partial charge in [-0.05, 0) is 13.3 Å². The minimum Gasteiger partial charge on any atom is -0.381 e. The highest BCUT2D eigenvalue weighted by Gasteiger charge is 2.24. The van der Waals surface area contributed by atoms with E-state index in [0.29, 0.717) is 19.0 Å². The first kappa shape index (κ1) is 13.8. The normalized spacial score (nSPS) is 18.1. The van der Waals surface area contributed by atoms with Crippen LogP contribution in [0.3, 0.4) is 0 Å². The molecule has 112 valence electrons. The molecule has 2 aromatic heterocycles. The topological polar surface area (TPSA) is 71.8 Å². The van der Waals surface area contributed by atoms with E-state index in [1.807, 2.05) is 38.1 Å². The Morgan fingerprint density at radius 3 is 2.95 bits per heavy atom. The fraction of sp³-hybridized carbons (Fsp3) is 0.500. The zero-order valence-electron chi connectivity index (χ0n) is 12.5. The summed E-state index contributed by atoms with van der Waals surface area (Å²) in [6.45, 7) is 3.05. The molecule has 1 saturated heterocycles. The molecular weight excluding hydrogens is 270 g/mol. The number of carbonyl (C=O) groups is 1. The summed E-state index contributed by atoms with van der Waals surface area (Å²) in [5.41, 5.74) is 1.61. The zero-order chi connectivity index (χ0) is 15.0. The first-order chi connectivity index (χ1) is 10.0. The summed E-state index contributed by atoms with van der Waals surface area (Å²) in [6.07, 6.45) is 0.764. The number of rotatable bonds is 3. The van der Waals surface area contributed by atoms with Crippen LogP contribution in [0.2, 0.25) is 0 Å². The van der Waals surface area contributed by atoms with Crippen LogP contribution < -0.4 is 10.2 Å². The van der Waals surface area contributed by atoms with Gasteiger partial charge in [0, 0.05) is 32.8 Å². The molecule has 3 rings (SSSR count). The number of amides is 1. The van der Waals surface area contributed by atoms with Gasteiger partial charge in [-0.1, -0.05) is 0 Å². The van der Waals surface area contributed by atoms with Crippen molar-refractivity contribution >= 4 is 23.2 Å². The van der Waals surface area contributed by atoms with Crippen LogP contribution in [0.1, 0.15) is 12.1 Å². The molecule has 0 radical (unpaired) electrons. The van der Waals surface area contributed by atoms with E-state index in [0.717, 1.165) is 23.6 Å². The molecule has 1 atom stereocenters. The molecular formula is C14H19N5O2. The van der Waals surface area contributed by atoms with Crippen molar-refractivity contribution in [3.05, 3.63) is 17.8 Å². The van der Waals surface area contributed by atoms with Gasteiger partial charge in [-0.15, -0.1) is 0 Å². The summed E-state index contributed by atoms with van der Waals surface area (Å²) in [5, 5.41) is 7.29. The summed E-state index contributed by atoms with van der Waals surface area (Å²) in [7, 11) is 3.87. The summed E-state index contributed by atoms with van der Waals surface area (Å²) >= 11 is 0. The third-order valence-electron chi connectivity index (χ3n) is 3.54. The lowest BCUT2D eigenvalue weighted by Crippen LogP contribution is -2.24. The average molecular weight is 289 g/mol. The van der Waals surface area contributed by atoms with Gasteiger partial charge in [-0.2, -0.15) is 9.61 Å². The standard InChI is InChI=1S/C14H19N5O2/c1-9-6-12-15-11(7-13(18(2)3)19(12)17-9)16-14(20)10-4-5-21-8-10/h6-7,10H,4-5,8H2,1-3H3,(H,15,16,20)/t10-/m0/s1. The van der Waals surface area contributed by atoms with Crippen molar-refractivity contribution in [2.75, 3.05) is 37.5 Å². The minimum atomic E-state index is -0.0857. The Morgan fingerprint density at radius 2 is 2.29 bits per heavy atom. The highest BCUT2D eigenvalue weighted by molar-refractivity contribution is 5.92. The number of nitrogens with one attached hydrogen (secondary N) is 1. The molecule has 7 nitrogen and oxygen atoms in total. The SMILES string of the molecule is Cc1cc2nc(NC(=O)[C@H]3CCOC3)cc(N(C)C)n2n1. The van der Waals surface area contributed by atoms with E-state index in [1.165, 1.54) is 0 Å². The molecule has 1 fully saturated rings. The van der Waals surface area contributed by atoms with Crippen molar-refractivity contribution in [1.29, 1.82) is 0 Å². The number of carbonyl (C=O) groups excluding carboxylic acids is 1. The Morgan fingerprint density at radius 1 is 1.48 bits per heavy atom. The third-order valence-corrected chi connectivity index (χ3v) is 3.54. The second-order valence-electron chi connectivity index (χ2n) is 5.50. The van der Waals surface area contributed by atoms with Crippen LogP contribution in [0.5, 0.6) is 0 Å². The van der Waals surface area contributed by atoms with Crippen molar-refractivity contribution in [2.24, 2.45) is 5.92 Å². The monoisotopic (exact) mass is 289 g/mol. The lowest BCUT2D eigenvalue weighted by Gasteiger charge is -2.16. The van der Waals surface area contributed by atoms with Crippen LogP contribution in [0, 0.1) is 12.8 Å². The smallest absolute Gasteiger partial charge is 0.231 e. The maximum atomic E-state index is 12.2. The van der Waals surface area contributed by atoms with Gasteiger partial charge in [0.1, 0.15) is 11.6 Å². The average Bonchev–Trinajstić information content (AvgIpc) is 3.05. The maximum absolute atomic E-state index is 12.2. The first-order valence-corrected chi connectivity index (χ1v) is 6.98. The Hall–Kier alpha value is -2.15. The van der Waals surface area contributed by atoms with Crippen molar-refractivity contribution in [2.45, 2.75) is 13.3 Å².